The van der Waals surface area contributed by atoms with Gasteiger partial charge in [0.05, 0.1) is 27.5 Å². The molecule has 1 unspecified atom stereocenters. The fourth-order valence-electron chi connectivity index (χ4n) is 14.1. The molecule has 1 atom stereocenters. The Balaban J connectivity index is 0.901. The molecule has 17 rings (SSSR count). The SMILES string of the molecule is c1ccc2c(c1)-c1ccc(-c3ccc(-n4c5ccccc5c5ccccc54)cc3)cc1C21c2ccccc2-c2c1c1c3ccccc3c(-c3ccc(-n4c5ccccc5c5ccccc54)cc3)cc1c1ccccc21. The molecule has 2 aliphatic carbocycles. The summed E-state index contributed by atoms with van der Waals surface area (Å²) >= 11 is 0. The maximum atomic E-state index is 2.53. The second-order valence-corrected chi connectivity index (χ2v) is 20.6. The summed E-state index contributed by atoms with van der Waals surface area (Å²) in [5, 5.41) is 12.8. The number of rotatable bonds is 4. The van der Waals surface area contributed by atoms with Crippen LogP contribution in [0, 0.1) is 0 Å². The summed E-state index contributed by atoms with van der Waals surface area (Å²) in [6.45, 7) is 0. The summed E-state index contributed by atoms with van der Waals surface area (Å²) in [7, 11) is 0. The number of nitrogens with zero attached hydrogens (tertiary/aromatic N) is 2. The van der Waals surface area contributed by atoms with Crippen LogP contribution in [0.4, 0.5) is 0 Å². The van der Waals surface area contributed by atoms with Crippen molar-refractivity contribution in [3.05, 3.63) is 289 Å². The summed E-state index contributed by atoms with van der Waals surface area (Å²) in [4.78, 5) is 0. The fourth-order valence-corrected chi connectivity index (χ4v) is 14.1. The molecule has 0 N–H and O–H groups in total. The second-order valence-electron chi connectivity index (χ2n) is 20.6. The standard InChI is InChI=1S/C73H44N2/c1-3-24-58-50(17-1)61(46-35-40-49(41-36-46)75-68-31-15-9-22-56(68)57-23-10-16-32-69(57)75)44-62-51-18-2-4-25-59(51)70-60-26-6-12-28-64(60)73(72(70)71(58)62)63-27-11-5-19-52(63)53-42-37-47(43-65(53)73)45-33-38-48(39-34-45)74-66-29-13-7-20-54(66)55-21-8-14-30-67(55)74/h1-44H. The van der Waals surface area contributed by atoms with E-state index >= 15 is 0 Å². The van der Waals surface area contributed by atoms with E-state index in [1.54, 1.807) is 0 Å². The van der Waals surface area contributed by atoms with E-state index < -0.39 is 5.41 Å². The number of fused-ring (bicyclic) bond motifs is 23. The molecule has 75 heavy (non-hydrogen) atoms. The Morgan fingerprint density at radius 3 is 1.23 bits per heavy atom. The predicted molar refractivity (Wildman–Crippen MR) is 315 cm³/mol. The van der Waals surface area contributed by atoms with Crippen molar-refractivity contribution in [2.24, 2.45) is 0 Å². The van der Waals surface area contributed by atoms with Crippen molar-refractivity contribution < 1.29 is 0 Å². The normalized spacial score (nSPS) is 14.5. The highest BCUT2D eigenvalue weighted by Gasteiger charge is 2.53. The van der Waals surface area contributed by atoms with Gasteiger partial charge in [-0.15, -0.1) is 0 Å². The first-order valence-electron chi connectivity index (χ1n) is 26.2. The molecule has 2 nitrogen and oxygen atoms in total. The molecule has 346 valence electrons. The van der Waals surface area contributed by atoms with Gasteiger partial charge in [0, 0.05) is 32.9 Å². The quantitative estimate of drug-likeness (QED) is 0.156. The lowest BCUT2D eigenvalue weighted by molar-refractivity contribution is 0.802. The Morgan fingerprint density at radius 2 is 0.653 bits per heavy atom. The van der Waals surface area contributed by atoms with Crippen molar-refractivity contribution in [1.29, 1.82) is 0 Å². The molecule has 0 fully saturated rings. The molecule has 0 amide bonds. The van der Waals surface area contributed by atoms with Gasteiger partial charge in [0.2, 0.25) is 0 Å². The lowest BCUT2D eigenvalue weighted by Gasteiger charge is -2.32. The van der Waals surface area contributed by atoms with Gasteiger partial charge >= 0.3 is 0 Å². The molecule has 0 aliphatic heterocycles. The van der Waals surface area contributed by atoms with Crippen LogP contribution >= 0.6 is 0 Å². The van der Waals surface area contributed by atoms with Crippen LogP contribution in [-0.2, 0) is 5.41 Å². The highest BCUT2D eigenvalue weighted by Crippen LogP contribution is 2.66. The maximum Gasteiger partial charge on any atom is 0.0732 e. The van der Waals surface area contributed by atoms with E-state index in [1.165, 1.54) is 143 Å². The van der Waals surface area contributed by atoms with Gasteiger partial charge < -0.3 is 9.13 Å². The number of aromatic nitrogens is 2. The van der Waals surface area contributed by atoms with Crippen LogP contribution in [0.1, 0.15) is 22.3 Å². The van der Waals surface area contributed by atoms with Gasteiger partial charge in [0.15, 0.2) is 0 Å². The van der Waals surface area contributed by atoms with Crippen LogP contribution in [0.2, 0.25) is 0 Å². The lowest BCUT2D eigenvalue weighted by atomic mass is 9.68. The van der Waals surface area contributed by atoms with E-state index in [-0.39, 0.29) is 0 Å². The minimum Gasteiger partial charge on any atom is -0.309 e. The van der Waals surface area contributed by atoms with Crippen molar-refractivity contribution in [1.82, 2.24) is 9.13 Å². The number of hydrogen-bond donors (Lipinski definition) is 0. The molecule has 0 saturated carbocycles. The van der Waals surface area contributed by atoms with Crippen LogP contribution < -0.4 is 0 Å². The molecule has 0 saturated heterocycles. The van der Waals surface area contributed by atoms with Gasteiger partial charge in [0.1, 0.15) is 0 Å². The molecule has 2 aliphatic rings. The summed E-state index contributed by atoms with van der Waals surface area (Å²) in [6.07, 6.45) is 0. The van der Waals surface area contributed by atoms with E-state index in [9.17, 15) is 0 Å². The van der Waals surface area contributed by atoms with Crippen molar-refractivity contribution in [3.8, 4) is 55.9 Å². The van der Waals surface area contributed by atoms with Crippen LogP contribution in [-0.4, -0.2) is 9.13 Å². The van der Waals surface area contributed by atoms with Crippen LogP contribution in [0.3, 0.4) is 0 Å². The Bertz CT molecular complexity index is 4830. The van der Waals surface area contributed by atoms with E-state index in [0.29, 0.717) is 0 Å². The molecular weight excluding hydrogens is 905 g/mol. The molecule has 2 aromatic heterocycles. The number of benzene rings is 13. The third kappa shape index (κ3) is 5.37. The third-order valence-electron chi connectivity index (χ3n) is 17.1. The summed E-state index contributed by atoms with van der Waals surface area (Å²) < 4.78 is 4.81. The minimum atomic E-state index is -0.590. The molecule has 2 heterocycles. The Kier molecular flexibility index (Phi) is 8.24. The molecule has 15 aromatic rings. The van der Waals surface area contributed by atoms with E-state index in [0.717, 1.165) is 11.4 Å². The van der Waals surface area contributed by atoms with Gasteiger partial charge in [-0.1, -0.05) is 206 Å². The smallest absolute Gasteiger partial charge is 0.0732 e. The first-order chi connectivity index (χ1) is 37.2. The molecule has 2 heteroatoms. The zero-order chi connectivity index (χ0) is 48.9. The predicted octanol–water partition coefficient (Wildman–Crippen LogP) is 19.0. The Hall–Kier alpha value is -9.76. The van der Waals surface area contributed by atoms with Gasteiger partial charge in [-0.3, -0.25) is 0 Å². The van der Waals surface area contributed by atoms with Gasteiger partial charge in [0.25, 0.3) is 0 Å². The maximum absolute atomic E-state index is 2.53. The van der Waals surface area contributed by atoms with Gasteiger partial charge in [-0.25, -0.2) is 0 Å². The average Bonchev–Trinajstić information content (AvgIpc) is 4.40. The highest BCUT2D eigenvalue weighted by molar-refractivity contribution is 6.28. The third-order valence-corrected chi connectivity index (χ3v) is 17.1. The monoisotopic (exact) mass is 948 g/mol. The van der Waals surface area contributed by atoms with Gasteiger partial charge in [-0.05, 0) is 160 Å². The van der Waals surface area contributed by atoms with E-state index in [4.69, 9.17) is 0 Å². The Morgan fingerprint density at radius 1 is 0.240 bits per heavy atom. The number of hydrogen-bond acceptors (Lipinski definition) is 0. The minimum absolute atomic E-state index is 0.590. The van der Waals surface area contributed by atoms with Crippen LogP contribution in [0.5, 0.6) is 0 Å². The zero-order valence-corrected chi connectivity index (χ0v) is 40.8. The van der Waals surface area contributed by atoms with Crippen molar-refractivity contribution in [2.45, 2.75) is 5.41 Å². The van der Waals surface area contributed by atoms with Crippen molar-refractivity contribution in [2.75, 3.05) is 0 Å². The second kappa shape index (κ2) is 15.1. The number of para-hydroxylation sites is 4. The topological polar surface area (TPSA) is 9.86 Å². The first-order valence-corrected chi connectivity index (χ1v) is 26.2. The van der Waals surface area contributed by atoms with Crippen LogP contribution in [0.25, 0.3) is 132 Å². The molecule has 1 spiro atoms. The van der Waals surface area contributed by atoms with Crippen molar-refractivity contribution >= 4 is 75.9 Å². The zero-order valence-electron chi connectivity index (χ0n) is 40.8. The molecular formula is C73H44N2. The Labute approximate surface area is 433 Å². The van der Waals surface area contributed by atoms with Crippen LogP contribution in [0.15, 0.2) is 267 Å². The van der Waals surface area contributed by atoms with E-state index in [1.807, 2.05) is 0 Å². The lowest BCUT2D eigenvalue weighted by Crippen LogP contribution is -2.26. The average molecular weight is 949 g/mol. The first kappa shape index (κ1) is 40.8. The molecule has 0 radical (unpaired) electrons. The van der Waals surface area contributed by atoms with Crippen molar-refractivity contribution in [3.63, 3.8) is 0 Å². The van der Waals surface area contributed by atoms with E-state index in [2.05, 4.69) is 276 Å². The van der Waals surface area contributed by atoms with Gasteiger partial charge in [-0.2, -0.15) is 0 Å². The summed E-state index contributed by atoms with van der Waals surface area (Å²) in [6, 6.07) is 100. The largest absolute Gasteiger partial charge is 0.309 e. The molecule has 0 bridgehead atoms. The summed E-state index contributed by atoms with van der Waals surface area (Å²) in [5.74, 6) is 0. The summed E-state index contributed by atoms with van der Waals surface area (Å²) in [5.41, 5.74) is 22.1. The molecule has 13 aromatic carbocycles. The fraction of sp³-hybridized carbons (Fsp3) is 0.0137. The highest BCUT2D eigenvalue weighted by atomic mass is 15.0.